The fraction of sp³-hybridized carbons (Fsp3) is 0.455. The summed E-state index contributed by atoms with van der Waals surface area (Å²) < 4.78 is 5.29. The largest absolute Gasteiger partial charge is 0.383 e. The molecule has 2 nitrogen and oxygen atoms in total. The number of ether oxygens (including phenoxy) is 1. The normalized spacial score (nSPS) is 28.7. The van der Waals surface area contributed by atoms with Crippen molar-refractivity contribution in [1.29, 1.82) is 0 Å². The van der Waals surface area contributed by atoms with Gasteiger partial charge < -0.3 is 9.84 Å². The Bertz CT molecular complexity index is 263. The van der Waals surface area contributed by atoms with E-state index < -0.39 is 5.60 Å². The van der Waals surface area contributed by atoms with Crippen LogP contribution in [-0.2, 0) is 10.3 Å². The molecule has 1 aromatic rings. The first-order chi connectivity index (χ1) is 6.31. The van der Waals surface area contributed by atoms with Crippen LogP contribution in [0.1, 0.15) is 18.4 Å². The molecule has 1 atom stereocenters. The molecule has 2 heteroatoms. The molecule has 0 spiro atoms. The van der Waals surface area contributed by atoms with Crippen molar-refractivity contribution in [1.82, 2.24) is 0 Å². The lowest BCUT2D eigenvalue weighted by Crippen LogP contribution is -2.35. The molecule has 13 heavy (non-hydrogen) atoms. The molecule has 0 radical (unpaired) electrons. The van der Waals surface area contributed by atoms with Gasteiger partial charge in [-0.1, -0.05) is 30.3 Å². The van der Waals surface area contributed by atoms with Crippen LogP contribution in [0, 0.1) is 0 Å². The second kappa shape index (κ2) is 3.48. The highest BCUT2D eigenvalue weighted by Gasteiger charge is 2.31. The van der Waals surface area contributed by atoms with E-state index in [2.05, 4.69) is 0 Å². The Labute approximate surface area is 78.2 Å². The molecule has 1 saturated heterocycles. The zero-order valence-corrected chi connectivity index (χ0v) is 7.57. The van der Waals surface area contributed by atoms with E-state index in [1.165, 1.54) is 0 Å². The van der Waals surface area contributed by atoms with Crippen LogP contribution in [0.5, 0.6) is 0 Å². The molecule has 1 aliphatic rings. The van der Waals surface area contributed by atoms with E-state index in [-0.39, 0.29) is 0 Å². The van der Waals surface area contributed by atoms with E-state index in [4.69, 9.17) is 4.74 Å². The molecule has 0 aliphatic carbocycles. The quantitative estimate of drug-likeness (QED) is 0.709. The van der Waals surface area contributed by atoms with Gasteiger partial charge in [-0.05, 0) is 18.4 Å². The van der Waals surface area contributed by atoms with Crippen LogP contribution < -0.4 is 0 Å². The van der Waals surface area contributed by atoms with Crippen molar-refractivity contribution in [2.45, 2.75) is 18.4 Å². The van der Waals surface area contributed by atoms with E-state index >= 15 is 0 Å². The van der Waals surface area contributed by atoms with Gasteiger partial charge in [0.25, 0.3) is 0 Å². The van der Waals surface area contributed by atoms with Gasteiger partial charge in [0.1, 0.15) is 5.60 Å². The van der Waals surface area contributed by atoms with Gasteiger partial charge in [0, 0.05) is 6.61 Å². The van der Waals surface area contributed by atoms with Crippen molar-refractivity contribution < 1.29 is 9.84 Å². The minimum Gasteiger partial charge on any atom is -0.383 e. The Balaban J connectivity index is 2.23. The zero-order valence-electron chi connectivity index (χ0n) is 7.57. The highest BCUT2D eigenvalue weighted by atomic mass is 16.5. The monoisotopic (exact) mass is 178 g/mol. The number of benzene rings is 1. The summed E-state index contributed by atoms with van der Waals surface area (Å²) >= 11 is 0. The molecule has 1 fully saturated rings. The average molecular weight is 178 g/mol. The summed E-state index contributed by atoms with van der Waals surface area (Å²) in [6.45, 7) is 1.20. The Morgan fingerprint density at radius 2 is 2.00 bits per heavy atom. The smallest absolute Gasteiger partial charge is 0.113 e. The molecule has 0 aromatic heterocycles. The third-order valence-electron chi connectivity index (χ3n) is 2.53. The van der Waals surface area contributed by atoms with Crippen molar-refractivity contribution in [2.24, 2.45) is 0 Å². The maximum Gasteiger partial charge on any atom is 0.113 e. The summed E-state index contributed by atoms with van der Waals surface area (Å²) in [4.78, 5) is 0. The molecule has 70 valence electrons. The topological polar surface area (TPSA) is 29.5 Å². The molecule has 0 bridgehead atoms. The van der Waals surface area contributed by atoms with Crippen LogP contribution >= 0.6 is 0 Å². The summed E-state index contributed by atoms with van der Waals surface area (Å²) in [5.74, 6) is 0. The SMILES string of the molecule is OC1(c2ccccc2)CCCOC1. The fourth-order valence-corrected chi connectivity index (χ4v) is 1.76. The molecular weight excluding hydrogens is 164 g/mol. The van der Waals surface area contributed by atoms with Crippen molar-refractivity contribution in [2.75, 3.05) is 13.2 Å². The van der Waals surface area contributed by atoms with Crippen molar-refractivity contribution in [3.63, 3.8) is 0 Å². The van der Waals surface area contributed by atoms with Crippen LogP contribution in [0.15, 0.2) is 30.3 Å². The summed E-state index contributed by atoms with van der Waals surface area (Å²) in [5, 5.41) is 10.2. The van der Waals surface area contributed by atoms with Crippen LogP contribution in [0.2, 0.25) is 0 Å². The van der Waals surface area contributed by atoms with E-state index in [1.54, 1.807) is 0 Å². The zero-order chi connectivity index (χ0) is 9.15. The summed E-state index contributed by atoms with van der Waals surface area (Å²) in [6.07, 6.45) is 1.74. The molecule has 1 heterocycles. The Morgan fingerprint density at radius 1 is 1.23 bits per heavy atom. The third-order valence-corrected chi connectivity index (χ3v) is 2.53. The Hall–Kier alpha value is -0.860. The minimum absolute atomic E-state index is 0.428. The summed E-state index contributed by atoms with van der Waals surface area (Å²) in [7, 11) is 0. The lowest BCUT2D eigenvalue weighted by Gasteiger charge is -2.32. The molecule has 1 N–H and O–H groups in total. The van der Waals surface area contributed by atoms with Crippen molar-refractivity contribution in [3.8, 4) is 0 Å². The van der Waals surface area contributed by atoms with Gasteiger partial charge in [0.05, 0.1) is 6.61 Å². The van der Waals surface area contributed by atoms with Gasteiger partial charge in [-0.15, -0.1) is 0 Å². The molecule has 1 aliphatic heterocycles. The van der Waals surface area contributed by atoms with Gasteiger partial charge >= 0.3 is 0 Å². The predicted octanol–water partition coefficient (Wildman–Crippen LogP) is 1.68. The van der Waals surface area contributed by atoms with Gasteiger partial charge in [0.15, 0.2) is 0 Å². The first-order valence-electron chi connectivity index (χ1n) is 4.67. The maximum absolute atomic E-state index is 10.2. The number of hydrogen-bond donors (Lipinski definition) is 1. The Kier molecular flexibility index (Phi) is 2.34. The second-order valence-electron chi connectivity index (χ2n) is 3.55. The molecule has 0 saturated carbocycles. The fourth-order valence-electron chi connectivity index (χ4n) is 1.76. The summed E-state index contributed by atoms with van der Waals surface area (Å²) in [6, 6.07) is 9.75. The minimum atomic E-state index is -0.750. The number of aliphatic hydroxyl groups is 1. The van der Waals surface area contributed by atoms with E-state index in [0.717, 1.165) is 25.0 Å². The standard InChI is InChI=1S/C11H14O2/c12-11(7-4-8-13-9-11)10-5-2-1-3-6-10/h1-3,5-6,12H,4,7-9H2. The highest BCUT2D eigenvalue weighted by Crippen LogP contribution is 2.29. The molecule has 2 rings (SSSR count). The van der Waals surface area contributed by atoms with Crippen molar-refractivity contribution in [3.05, 3.63) is 35.9 Å². The van der Waals surface area contributed by atoms with E-state index in [1.807, 2.05) is 30.3 Å². The van der Waals surface area contributed by atoms with E-state index in [9.17, 15) is 5.11 Å². The second-order valence-corrected chi connectivity index (χ2v) is 3.55. The predicted molar refractivity (Wildman–Crippen MR) is 50.4 cm³/mol. The third kappa shape index (κ3) is 1.74. The van der Waals surface area contributed by atoms with E-state index in [0.29, 0.717) is 6.61 Å². The molecule has 1 aromatic carbocycles. The average Bonchev–Trinajstić information content (AvgIpc) is 2.20. The molecule has 0 amide bonds. The number of rotatable bonds is 1. The van der Waals surface area contributed by atoms with Crippen LogP contribution in [0.4, 0.5) is 0 Å². The molecule has 1 unspecified atom stereocenters. The maximum atomic E-state index is 10.2. The van der Waals surface area contributed by atoms with Crippen LogP contribution in [0.25, 0.3) is 0 Å². The van der Waals surface area contributed by atoms with Gasteiger partial charge in [-0.2, -0.15) is 0 Å². The highest BCUT2D eigenvalue weighted by molar-refractivity contribution is 5.22. The lowest BCUT2D eigenvalue weighted by atomic mass is 9.89. The first-order valence-corrected chi connectivity index (χ1v) is 4.67. The van der Waals surface area contributed by atoms with Gasteiger partial charge in [0.2, 0.25) is 0 Å². The first kappa shape index (κ1) is 8.73. The summed E-state index contributed by atoms with van der Waals surface area (Å²) in [5.41, 5.74) is 0.217. The molecular formula is C11H14O2. The van der Waals surface area contributed by atoms with Gasteiger partial charge in [-0.25, -0.2) is 0 Å². The lowest BCUT2D eigenvalue weighted by molar-refractivity contribution is -0.0902. The Morgan fingerprint density at radius 3 is 2.62 bits per heavy atom. The van der Waals surface area contributed by atoms with Gasteiger partial charge in [-0.3, -0.25) is 0 Å². The number of hydrogen-bond acceptors (Lipinski definition) is 2. The van der Waals surface area contributed by atoms with Crippen LogP contribution in [0.3, 0.4) is 0 Å². The van der Waals surface area contributed by atoms with Crippen LogP contribution in [-0.4, -0.2) is 18.3 Å². The van der Waals surface area contributed by atoms with Crippen molar-refractivity contribution >= 4 is 0 Å².